The second-order valence-corrected chi connectivity index (χ2v) is 3.64. The summed E-state index contributed by atoms with van der Waals surface area (Å²) >= 11 is 0. The first-order valence-electron chi connectivity index (χ1n) is 5.16. The van der Waals surface area contributed by atoms with Crippen LogP contribution in [0.1, 0.15) is 19.4 Å². The van der Waals surface area contributed by atoms with E-state index in [4.69, 9.17) is 0 Å². The van der Waals surface area contributed by atoms with Crippen LogP contribution in [0.15, 0.2) is 30.3 Å². The summed E-state index contributed by atoms with van der Waals surface area (Å²) in [4.78, 5) is 21.9. The zero-order valence-electron chi connectivity index (χ0n) is 9.49. The molecule has 0 bridgehead atoms. The van der Waals surface area contributed by atoms with Crippen molar-refractivity contribution in [2.75, 3.05) is 0 Å². The van der Waals surface area contributed by atoms with E-state index in [0.29, 0.717) is 6.42 Å². The van der Waals surface area contributed by atoms with Gasteiger partial charge in [0.05, 0.1) is 0 Å². The van der Waals surface area contributed by atoms with Crippen molar-refractivity contribution < 1.29 is 9.59 Å². The topological polar surface area (TPSA) is 58.2 Å². The maximum absolute atomic E-state index is 11.0. The highest BCUT2D eigenvalue weighted by Crippen LogP contribution is 2.01. The van der Waals surface area contributed by atoms with E-state index in [9.17, 15) is 9.59 Å². The summed E-state index contributed by atoms with van der Waals surface area (Å²) in [7, 11) is 0. The zero-order chi connectivity index (χ0) is 12.0. The lowest BCUT2D eigenvalue weighted by atomic mass is 10.1. The molecule has 0 saturated carbocycles. The van der Waals surface area contributed by atoms with Crippen LogP contribution < -0.4 is 10.6 Å². The standard InChI is InChI=1S/C12H16N2O2/c1-9(15)13-12(14-10(2)16)8-11-6-4-3-5-7-11/h3-7,12H,8H2,1-2H3,(H,13,15)(H,14,16). The molecule has 16 heavy (non-hydrogen) atoms. The molecule has 4 nitrogen and oxygen atoms in total. The number of carbonyl (C=O) groups is 2. The number of hydrogen-bond acceptors (Lipinski definition) is 2. The monoisotopic (exact) mass is 220 g/mol. The molecule has 4 heteroatoms. The van der Waals surface area contributed by atoms with Crippen LogP contribution in [0.2, 0.25) is 0 Å². The molecule has 0 atom stereocenters. The van der Waals surface area contributed by atoms with Gasteiger partial charge in [-0.3, -0.25) is 9.59 Å². The van der Waals surface area contributed by atoms with Crippen LogP contribution in [-0.4, -0.2) is 18.0 Å². The Balaban J connectivity index is 2.63. The van der Waals surface area contributed by atoms with Gasteiger partial charge in [0.1, 0.15) is 6.17 Å². The van der Waals surface area contributed by atoms with Gasteiger partial charge in [0.2, 0.25) is 11.8 Å². The maximum atomic E-state index is 11.0. The van der Waals surface area contributed by atoms with Crippen LogP contribution in [0.3, 0.4) is 0 Å². The highest BCUT2D eigenvalue weighted by atomic mass is 16.2. The van der Waals surface area contributed by atoms with E-state index in [2.05, 4.69) is 10.6 Å². The van der Waals surface area contributed by atoms with E-state index >= 15 is 0 Å². The minimum atomic E-state index is -0.350. The maximum Gasteiger partial charge on any atom is 0.218 e. The SMILES string of the molecule is CC(=O)NC(Cc1ccccc1)NC(C)=O. The summed E-state index contributed by atoms with van der Waals surface area (Å²) in [6.45, 7) is 2.86. The highest BCUT2D eigenvalue weighted by molar-refractivity contribution is 5.76. The van der Waals surface area contributed by atoms with Crippen molar-refractivity contribution in [1.29, 1.82) is 0 Å². The van der Waals surface area contributed by atoms with Gasteiger partial charge in [-0.15, -0.1) is 0 Å². The van der Waals surface area contributed by atoms with Crippen LogP contribution in [0.5, 0.6) is 0 Å². The quantitative estimate of drug-likeness (QED) is 0.738. The predicted octanol–water partition coefficient (Wildman–Crippen LogP) is 0.827. The molecule has 0 unspecified atom stereocenters. The Morgan fingerprint density at radius 3 is 2.00 bits per heavy atom. The first-order valence-corrected chi connectivity index (χ1v) is 5.16. The molecule has 0 fully saturated rings. The van der Waals surface area contributed by atoms with Crippen LogP contribution in [0.4, 0.5) is 0 Å². The van der Waals surface area contributed by atoms with Gasteiger partial charge < -0.3 is 10.6 Å². The van der Waals surface area contributed by atoms with E-state index in [1.54, 1.807) is 0 Å². The fourth-order valence-electron chi connectivity index (χ4n) is 1.48. The Labute approximate surface area is 95.0 Å². The number of benzene rings is 1. The molecule has 0 aliphatic carbocycles. The number of carbonyl (C=O) groups excluding carboxylic acids is 2. The van der Waals surface area contributed by atoms with Crippen LogP contribution in [0.25, 0.3) is 0 Å². The number of nitrogens with one attached hydrogen (secondary N) is 2. The Hall–Kier alpha value is -1.84. The van der Waals surface area contributed by atoms with E-state index in [1.165, 1.54) is 13.8 Å². The summed E-state index contributed by atoms with van der Waals surface area (Å²) in [5, 5.41) is 5.38. The highest BCUT2D eigenvalue weighted by Gasteiger charge is 2.11. The van der Waals surface area contributed by atoms with E-state index < -0.39 is 0 Å². The molecule has 0 saturated heterocycles. The average molecular weight is 220 g/mol. The van der Waals surface area contributed by atoms with Crippen molar-refractivity contribution in [1.82, 2.24) is 10.6 Å². The smallest absolute Gasteiger partial charge is 0.218 e. The summed E-state index contributed by atoms with van der Waals surface area (Å²) in [5.74, 6) is -0.315. The van der Waals surface area contributed by atoms with Crippen LogP contribution in [-0.2, 0) is 16.0 Å². The number of rotatable bonds is 4. The van der Waals surface area contributed by atoms with Crippen molar-refractivity contribution in [3.05, 3.63) is 35.9 Å². The summed E-state index contributed by atoms with van der Waals surface area (Å²) < 4.78 is 0. The lowest BCUT2D eigenvalue weighted by molar-refractivity contribution is -0.122. The molecule has 0 radical (unpaired) electrons. The lowest BCUT2D eigenvalue weighted by Gasteiger charge is -2.18. The number of hydrogen-bond donors (Lipinski definition) is 2. The largest absolute Gasteiger partial charge is 0.336 e. The summed E-state index contributed by atoms with van der Waals surface area (Å²) in [6, 6.07) is 9.68. The molecule has 0 aliphatic heterocycles. The minimum Gasteiger partial charge on any atom is -0.336 e. The molecule has 1 rings (SSSR count). The van der Waals surface area contributed by atoms with Crippen LogP contribution in [0, 0.1) is 0 Å². The lowest BCUT2D eigenvalue weighted by Crippen LogP contribution is -2.47. The van der Waals surface area contributed by atoms with Gasteiger partial charge in [0.15, 0.2) is 0 Å². The molecule has 1 aromatic rings. The van der Waals surface area contributed by atoms with Crippen molar-refractivity contribution in [3.63, 3.8) is 0 Å². The van der Waals surface area contributed by atoms with Gasteiger partial charge >= 0.3 is 0 Å². The first kappa shape index (κ1) is 12.2. The molecule has 86 valence electrons. The predicted molar refractivity (Wildman–Crippen MR) is 61.6 cm³/mol. The van der Waals surface area contributed by atoms with Crippen molar-refractivity contribution in [2.24, 2.45) is 0 Å². The summed E-state index contributed by atoms with van der Waals surface area (Å²) in [5.41, 5.74) is 1.06. The second kappa shape index (κ2) is 5.90. The van der Waals surface area contributed by atoms with Gasteiger partial charge in [0.25, 0.3) is 0 Å². The van der Waals surface area contributed by atoms with E-state index in [0.717, 1.165) is 5.56 Å². The Morgan fingerprint density at radius 2 is 1.56 bits per heavy atom. The van der Waals surface area contributed by atoms with Crippen molar-refractivity contribution >= 4 is 11.8 Å². The first-order chi connectivity index (χ1) is 7.58. The zero-order valence-corrected chi connectivity index (χ0v) is 9.49. The Morgan fingerprint density at radius 1 is 1.06 bits per heavy atom. The van der Waals surface area contributed by atoms with Crippen molar-refractivity contribution in [3.8, 4) is 0 Å². The van der Waals surface area contributed by atoms with Gasteiger partial charge in [-0.05, 0) is 5.56 Å². The van der Waals surface area contributed by atoms with Gasteiger partial charge in [-0.1, -0.05) is 30.3 Å². The minimum absolute atomic E-state index is 0.158. The van der Waals surface area contributed by atoms with E-state index in [-0.39, 0.29) is 18.0 Å². The molecule has 2 N–H and O–H groups in total. The summed E-state index contributed by atoms with van der Waals surface area (Å²) in [6.07, 6.45) is 0.234. The van der Waals surface area contributed by atoms with Gasteiger partial charge in [-0.25, -0.2) is 0 Å². The third-order valence-electron chi connectivity index (χ3n) is 2.04. The molecule has 0 aromatic heterocycles. The molecule has 2 amide bonds. The van der Waals surface area contributed by atoms with Crippen LogP contribution >= 0.6 is 0 Å². The molecule has 0 heterocycles. The second-order valence-electron chi connectivity index (χ2n) is 3.64. The normalized spacial score (nSPS) is 9.94. The molecule has 0 spiro atoms. The number of amides is 2. The molecule has 1 aromatic carbocycles. The third-order valence-corrected chi connectivity index (χ3v) is 2.04. The van der Waals surface area contributed by atoms with E-state index in [1.807, 2.05) is 30.3 Å². The fourth-order valence-corrected chi connectivity index (χ4v) is 1.48. The van der Waals surface area contributed by atoms with Gasteiger partial charge in [-0.2, -0.15) is 0 Å². The Bertz CT molecular complexity index is 347. The molecular weight excluding hydrogens is 204 g/mol. The van der Waals surface area contributed by atoms with Gasteiger partial charge in [0, 0.05) is 20.3 Å². The molecule has 0 aliphatic rings. The molecular formula is C12H16N2O2. The Kier molecular flexibility index (Phi) is 4.51. The fraction of sp³-hybridized carbons (Fsp3) is 0.333. The average Bonchev–Trinajstić information content (AvgIpc) is 2.16. The van der Waals surface area contributed by atoms with Crippen molar-refractivity contribution in [2.45, 2.75) is 26.4 Å². The third kappa shape index (κ3) is 4.59.